The van der Waals surface area contributed by atoms with Crippen molar-refractivity contribution in [1.29, 1.82) is 0 Å². The Kier molecular flexibility index (Phi) is 5.84. The quantitative estimate of drug-likeness (QED) is 0.907. The van der Waals surface area contributed by atoms with Gasteiger partial charge in [0.25, 0.3) is 0 Å². The molecule has 4 nitrogen and oxygen atoms in total. The topological polar surface area (TPSA) is 41.6 Å². The molecule has 1 aliphatic heterocycles. The molecule has 0 radical (unpaired) electrons. The highest BCUT2D eigenvalue weighted by atomic mass is 19.1. The van der Waals surface area contributed by atoms with Gasteiger partial charge in [-0.25, -0.2) is 9.18 Å². The van der Waals surface area contributed by atoms with E-state index < -0.39 is 0 Å². The van der Waals surface area contributed by atoms with Gasteiger partial charge in [-0.3, -0.25) is 0 Å². The van der Waals surface area contributed by atoms with E-state index in [4.69, 9.17) is 4.74 Å². The number of hydrogen-bond acceptors (Lipinski definition) is 2. The molecule has 1 aromatic carbocycles. The molecule has 2 amide bonds. The van der Waals surface area contributed by atoms with Gasteiger partial charge < -0.3 is 15.0 Å². The molecule has 0 unspecified atom stereocenters. The zero-order chi connectivity index (χ0) is 15.1. The van der Waals surface area contributed by atoms with Gasteiger partial charge in [0.2, 0.25) is 0 Å². The Morgan fingerprint density at radius 3 is 2.62 bits per heavy atom. The fourth-order valence-electron chi connectivity index (χ4n) is 2.39. The Bertz CT molecular complexity index is 442. The summed E-state index contributed by atoms with van der Waals surface area (Å²) in [4.78, 5) is 13.7. The molecule has 1 heterocycles. The highest BCUT2D eigenvalue weighted by Gasteiger charge is 2.22. The number of ether oxygens (including phenoxy) is 1. The average Bonchev–Trinajstić information content (AvgIpc) is 2.52. The largest absolute Gasteiger partial charge is 0.493 e. The standard InChI is InChI=1S/C16H23FN2O2/c1-2-9-18-16(20)19-10-7-13(8-11-19)12-21-15-5-3-14(17)4-6-15/h3-6,13H,2,7-12H2,1H3,(H,18,20). The van der Waals surface area contributed by atoms with E-state index in [1.54, 1.807) is 12.1 Å². The Morgan fingerprint density at radius 1 is 1.33 bits per heavy atom. The molecular formula is C16H23FN2O2. The molecule has 2 rings (SSSR count). The molecule has 0 bridgehead atoms. The second kappa shape index (κ2) is 7.86. The van der Waals surface area contributed by atoms with Gasteiger partial charge in [0.15, 0.2) is 0 Å². The van der Waals surface area contributed by atoms with Crippen molar-refractivity contribution in [3.05, 3.63) is 30.1 Å². The summed E-state index contributed by atoms with van der Waals surface area (Å²) < 4.78 is 18.5. The third-order valence-electron chi connectivity index (χ3n) is 3.73. The van der Waals surface area contributed by atoms with Crippen molar-refractivity contribution in [2.75, 3.05) is 26.2 Å². The van der Waals surface area contributed by atoms with E-state index in [2.05, 4.69) is 5.32 Å². The van der Waals surface area contributed by atoms with E-state index in [1.807, 2.05) is 11.8 Å². The van der Waals surface area contributed by atoms with E-state index in [-0.39, 0.29) is 11.8 Å². The zero-order valence-corrected chi connectivity index (χ0v) is 12.5. The van der Waals surface area contributed by atoms with Crippen molar-refractivity contribution in [2.45, 2.75) is 26.2 Å². The number of benzene rings is 1. The number of amides is 2. The van der Waals surface area contributed by atoms with Gasteiger partial charge >= 0.3 is 6.03 Å². The first-order chi connectivity index (χ1) is 10.2. The summed E-state index contributed by atoms with van der Waals surface area (Å²) in [6.45, 7) is 4.93. The second-order valence-corrected chi connectivity index (χ2v) is 5.43. The predicted octanol–water partition coefficient (Wildman–Crippen LogP) is 3.04. The summed E-state index contributed by atoms with van der Waals surface area (Å²) in [5.41, 5.74) is 0. The molecule has 1 saturated heterocycles. The summed E-state index contributed by atoms with van der Waals surface area (Å²) in [5.74, 6) is 0.888. The van der Waals surface area contributed by atoms with Crippen molar-refractivity contribution in [2.24, 2.45) is 5.92 Å². The molecule has 116 valence electrons. The number of halogens is 1. The number of rotatable bonds is 5. The van der Waals surface area contributed by atoms with E-state index in [0.717, 1.165) is 38.9 Å². The smallest absolute Gasteiger partial charge is 0.317 e. The first-order valence-corrected chi connectivity index (χ1v) is 7.60. The van der Waals surface area contributed by atoms with Gasteiger partial charge in [-0.05, 0) is 49.4 Å². The van der Waals surface area contributed by atoms with Gasteiger partial charge in [0.05, 0.1) is 6.61 Å². The molecule has 1 aromatic rings. The molecule has 0 spiro atoms. The highest BCUT2D eigenvalue weighted by molar-refractivity contribution is 5.74. The van der Waals surface area contributed by atoms with Crippen molar-refractivity contribution in [1.82, 2.24) is 10.2 Å². The van der Waals surface area contributed by atoms with E-state index >= 15 is 0 Å². The van der Waals surface area contributed by atoms with Crippen LogP contribution in [0.1, 0.15) is 26.2 Å². The second-order valence-electron chi connectivity index (χ2n) is 5.43. The monoisotopic (exact) mass is 294 g/mol. The summed E-state index contributed by atoms with van der Waals surface area (Å²) in [7, 11) is 0. The maximum atomic E-state index is 12.8. The lowest BCUT2D eigenvalue weighted by molar-refractivity contribution is 0.145. The Labute approximate surface area is 125 Å². The summed E-state index contributed by atoms with van der Waals surface area (Å²) >= 11 is 0. The first kappa shape index (κ1) is 15.6. The number of nitrogens with one attached hydrogen (secondary N) is 1. The summed E-state index contributed by atoms with van der Waals surface area (Å²) in [6, 6.07) is 6.12. The number of carbonyl (C=O) groups excluding carboxylic acids is 1. The lowest BCUT2D eigenvalue weighted by Crippen LogP contribution is -2.45. The summed E-state index contributed by atoms with van der Waals surface area (Å²) in [5, 5.41) is 2.90. The number of urea groups is 1. The van der Waals surface area contributed by atoms with Crippen molar-refractivity contribution >= 4 is 6.03 Å². The Balaban J connectivity index is 1.69. The number of nitrogens with zero attached hydrogens (tertiary/aromatic N) is 1. The van der Waals surface area contributed by atoms with E-state index in [0.29, 0.717) is 18.3 Å². The Hall–Kier alpha value is -1.78. The maximum Gasteiger partial charge on any atom is 0.317 e. The van der Waals surface area contributed by atoms with Crippen LogP contribution < -0.4 is 10.1 Å². The normalized spacial score (nSPS) is 15.8. The fraction of sp³-hybridized carbons (Fsp3) is 0.562. The van der Waals surface area contributed by atoms with Crippen LogP contribution in [0.15, 0.2) is 24.3 Å². The van der Waals surface area contributed by atoms with Crippen LogP contribution in [0.5, 0.6) is 5.75 Å². The van der Waals surface area contributed by atoms with Crippen LogP contribution >= 0.6 is 0 Å². The maximum absolute atomic E-state index is 12.8. The number of carbonyl (C=O) groups is 1. The first-order valence-electron chi connectivity index (χ1n) is 7.60. The highest BCUT2D eigenvalue weighted by Crippen LogP contribution is 2.19. The van der Waals surface area contributed by atoms with Crippen LogP contribution in [0.25, 0.3) is 0 Å². The molecule has 0 aliphatic carbocycles. The van der Waals surface area contributed by atoms with Crippen molar-refractivity contribution < 1.29 is 13.9 Å². The van der Waals surface area contributed by atoms with E-state index in [9.17, 15) is 9.18 Å². The fourth-order valence-corrected chi connectivity index (χ4v) is 2.39. The van der Waals surface area contributed by atoms with Crippen LogP contribution in [-0.2, 0) is 0 Å². The zero-order valence-electron chi connectivity index (χ0n) is 12.5. The minimum atomic E-state index is -0.256. The molecule has 0 aromatic heterocycles. The molecular weight excluding hydrogens is 271 g/mol. The number of likely N-dealkylation sites (tertiary alicyclic amines) is 1. The molecule has 0 saturated carbocycles. The number of hydrogen-bond donors (Lipinski definition) is 1. The van der Waals surface area contributed by atoms with Gasteiger partial charge in [0.1, 0.15) is 11.6 Å². The minimum Gasteiger partial charge on any atom is -0.493 e. The molecule has 5 heteroatoms. The summed E-state index contributed by atoms with van der Waals surface area (Å²) in [6.07, 6.45) is 2.84. The molecule has 1 aliphatic rings. The van der Waals surface area contributed by atoms with Crippen LogP contribution in [0, 0.1) is 11.7 Å². The molecule has 1 fully saturated rings. The average molecular weight is 294 g/mol. The Morgan fingerprint density at radius 2 is 2.00 bits per heavy atom. The lowest BCUT2D eigenvalue weighted by atomic mass is 9.98. The molecule has 1 N–H and O–H groups in total. The lowest BCUT2D eigenvalue weighted by Gasteiger charge is -2.31. The van der Waals surface area contributed by atoms with Crippen LogP contribution in [0.3, 0.4) is 0 Å². The third-order valence-corrected chi connectivity index (χ3v) is 3.73. The van der Waals surface area contributed by atoms with Crippen molar-refractivity contribution in [3.63, 3.8) is 0 Å². The number of piperidine rings is 1. The third kappa shape index (κ3) is 4.92. The van der Waals surface area contributed by atoms with Crippen molar-refractivity contribution in [3.8, 4) is 5.75 Å². The van der Waals surface area contributed by atoms with Gasteiger partial charge in [-0.1, -0.05) is 6.92 Å². The van der Waals surface area contributed by atoms with Gasteiger partial charge in [-0.15, -0.1) is 0 Å². The molecule has 0 atom stereocenters. The van der Waals surface area contributed by atoms with Crippen LogP contribution in [-0.4, -0.2) is 37.2 Å². The van der Waals surface area contributed by atoms with E-state index in [1.165, 1.54) is 12.1 Å². The van der Waals surface area contributed by atoms with Crippen LogP contribution in [0.2, 0.25) is 0 Å². The SMILES string of the molecule is CCCNC(=O)N1CCC(COc2ccc(F)cc2)CC1. The molecule has 21 heavy (non-hydrogen) atoms. The van der Waals surface area contributed by atoms with Crippen LogP contribution in [0.4, 0.5) is 9.18 Å². The minimum absolute atomic E-state index is 0.0368. The predicted molar refractivity (Wildman–Crippen MR) is 79.9 cm³/mol. The van der Waals surface area contributed by atoms with Gasteiger partial charge in [-0.2, -0.15) is 0 Å². The van der Waals surface area contributed by atoms with Gasteiger partial charge in [0, 0.05) is 19.6 Å².